The Morgan fingerprint density at radius 2 is 2.00 bits per heavy atom. The lowest BCUT2D eigenvalue weighted by molar-refractivity contribution is -0.0554. The van der Waals surface area contributed by atoms with Crippen LogP contribution in [0.15, 0.2) is 36.7 Å². The van der Waals surface area contributed by atoms with Crippen LogP contribution >= 0.6 is 0 Å². The van der Waals surface area contributed by atoms with Gasteiger partial charge in [-0.2, -0.15) is 0 Å². The zero-order chi connectivity index (χ0) is 22.2. The lowest BCUT2D eigenvalue weighted by Crippen LogP contribution is -2.55. The molecule has 4 rings (SSSR count). The Labute approximate surface area is 175 Å². The second-order valence-corrected chi connectivity index (χ2v) is 7.43. The van der Waals surface area contributed by atoms with Gasteiger partial charge in [0, 0.05) is 23.9 Å². The van der Waals surface area contributed by atoms with Crippen LogP contribution in [0.4, 0.5) is 30.5 Å². The Kier molecular flexibility index (Phi) is 5.36. The first kappa shape index (κ1) is 20.8. The average Bonchev–Trinajstić information content (AvgIpc) is 2.71. The third kappa shape index (κ3) is 4.36. The molecule has 1 aliphatic carbocycles. The number of nitrogens with two attached hydrogens (primary N) is 2. The van der Waals surface area contributed by atoms with Crippen LogP contribution < -0.4 is 22.1 Å². The molecule has 31 heavy (non-hydrogen) atoms. The van der Waals surface area contributed by atoms with E-state index >= 15 is 0 Å². The number of hydrogen-bond acceptors (Lipinski definition) is 7. The number of benzene rings is 1. The van der Waals surface area contributed by atoms with Gasteiger partial charge < -0.3 is 22.1 Å². The topological polar surface area (TPSA) is 132 Å². The van der Waals surface area contributed by atoms with Crippen molar-refractivity contribution in [2.75, 3.05) is 10.6 Å². The van der Waals surface area contributed by atoms with E-state index in [0.717, 1.165) is 0 Å². The predicted molar refractivity (Wildman–Crippen MR) is 110 cm³/mol. The van der Waals surface area contributed by atoms with Crippen LogP contribution in [0.2, 0.25) is 0 Å². The quantitative estimate of drug-likeness (QED) is 0.488. The molecule has 1 saturated carbocycles. The second kappa shape index (κ2) is 7.99. The van der Waals surface area contributed by atoms with Gasteiger partial charge in [-0.05, 0) is 31.0 Å². The Morgan fingerprint density at radius 3 is 2.77 bits per heavy atom. The molecule has 2 aromatic heterocycles. The second-order valence-electron chi connectivity index (χ2n) is 7.43. The van der Waals surface area contributed by atoms with E-state index in [-0.39, 0.29) is 23.8 Å². The maximum Gasteiger partial charge on any atom is 0.271 e. The van der Waals surface area contributed by atoms with E-state index < -0.39 is 29.7 Å². The average molecular weight is 431 g/mol. The summed E-state index contributed by atoms with van der Waals surface area (Å²) >= 11 is 0. The van der Waals surface area contributed by atoms with E-state index in [4.69, 9.17) is 11.5 Å². The fraction of sp³-hybridized carbons (Fsp3) is 0.300. The SMILES string of the molecule is NC(=O)c1ncc(N[C@@H]2CCCC(F)(F)[C@@H]2N)nc1Nc1cnc2cc(F)ccc2c1. The first-order valence-electron chi connectivity index (χ1n) is 9.62. The molecule has 8 nitrogen and oxygen atoms in total. The van der Waals surface area contributed by atoms with Gasteiger partial charge in [0.2, 0.25) is 0 Å². The molecule has 6 N–H and O–H groups in total. The Morgan fingerprint density at radius 1 is 1.19 bits per heavy atom. The monoisotopic (exact) mass is 431 g/mol. The molecule has 0 aliphatic heterocycles. The minimum absolute atomic E-state index is 0.0249. The van der Waals surface area contributed by atoms with Crippen molar-refractivity contribution in [3.05, 3.63) is 48.2 Å². The van der Waals surface area contributed by atoms with Crippen molar-refractivity contribution in [2.45, 2.75) is 37.3 Å². The van der Waals surface area contributed by atoms with Crippen LogP contribution in [0, 0.1) is 5.82 Å². The van der Waals surface area contributed by atoms with Gasteiger partial charge in [-0.25, -0.2) is 23.1 Å². The molecular formula is C20H20F3N7O. The van der Waals surface area contributed by atoms with Gasteiger partial charge in [0.1, 0.15) is 11.6 Å². The molecule has 0 spiro atoms. The fourth-order valence-electron chi connectivity index (χ4n) is 3.58. The van der Waals surface area contributed by atoms with Crippen LogP contribution in [0.25, 0.3) is 10.9 Å². The van der Waals surface area contributed by atoms with Crippen molar-refractivity contribution >= 4 is 34.1 Å². The van der Waals surface area contributed by atoms with Gasteiger partial charge >= 0.3 is 0 Å². The number of carbonyl (C=O) groups is 1. The zero-order valence-electron chi connectivity index (χ0n) is 16.3. The number of pyridine rings is 1. The fourth-order valence-corrected chi connectivity index (χ4v) is 3.58. The number of primary amides is 1. The molecule has 1 aliphatic rings. The molecule has 2 atom stereocenters. The normalized spacial score (nSPS) is 20.4. The first-order chi connectivity index (χ1) is 14.7. The number of hydrogen-bond donors (Lipinski definition) is 4. The van der Waals surface area contributed by atoms with E-state index in [0.29, 0.717) is 29.4 Å². The molecule has 0 saturated heterocycles. The Balaban J connectivity index is 1.62. The molecule has 1 amide bonds. The molecule has 11 heteroatoms. The summed E-state index contributed by atoms with van der Waals surface area (Å²) in [6.45, 7) is 0. The summed E-state index contributed by atoms with van der Waals surface area (Å²) in [6.07, 6.45) is 3.19. The Bertz CT molecular complexity index is 1140. The van der Waals surface area contributed by atoms with Crippen molar-refractivity contribution in [1.82, 2.24) is 15.0 Å². The van der Waals surface area contributed by atoms with E-state index in [2.05, 4.69) is 25.6 Å². The highest BCUT2D eigenvalue weighted by molar-refractivity contribution is 5.96. The summed E-state index contributed by atoms with van der Waals surface area (Å²) in [6, 6.07) is 3.76. The maximum atomic E-state index is 13.9. The number of alkyl halides is 2. The molecule has 0 unspecified atom stereocenters. The highest BCUT2D eigenvalue weighted by Crippen LogP contribution is 2.34. The Hall–Kier alpha value is -3.47. The lowest BCUT2D eigenvalue weighted by atomic mass is 9.87. The number of aromatic nitrogens is 3. The molecule has 3 aromatic rings. The van der Waals surface area contributed by atoms with Crippen molar-refractivity contribution < 1.29 is 18.0 Å². The third-order valence-corrected chi connectivity index (χ3v) is 5.19. The molecule has 162 valence electrons. The minimum Gasteiger partial charge on any atom is -0.364 e. The third-order valence-electron chi connectivity index (χ3n) is 5.19. The van der Waals surface area contributed by atoms with Gasteiger partial charge in [-0.15, -0.1) is 0 Å². The number of rotatable bonds is 5. The number of carbonyl (C=O) groups excluding carboxylic acids is 1. The molecule has 1 fully saturated rings. The highest BCUT2D eigenvalue weighted by atomic mass is 19.3. The number of halogens is 3. The van der Waals surface area contributed by atoms with E-state index in [9.17, 15) is 18.0 Å². The number of anilines is 3. The lowest BCUT2D eigenvalue weighted by Gasteiger charge is -2.36. The van der Waals surface area contributed by atoms with Crippen LogP contribution in [0.1, 0.15) is 29.8 Å². The van der Waals surface area contributed by atoms with Gasteiger partial charge in [0.25, 0.3) is 11.8 Å². The van der Waals surface area contributed by atoms with Crippen molar-refractivity contribution in [3.8, 4) is 0 Å². The minimum atomic E-state index is -2.98. The number of nitrogens with one attached hydrogen (secondary N) is 2. The molecule has 2 heterocycles. The summed E-state index contributed by atoms with van der Waals surface area (Å²) in [4.78, 5) is 24.3. The van der Waals surface area contributed by atoms with Gasteiger partial charge in [-0.3, -0.25) is 9.78 Å². The summed E-state index contributed by atoms with van der Waals surface area (Å²) in [5, 5.41) is 6.46. The van der Waals surface area contributed by atoms with Crippen LogP contribution in [-0.2, 0) is 0 Å². The summed E-state index contributed by atoms with van der Waals surface area (Å²) in [5.41, 5.74) is 11.9. The van der Waals surface area contributed by atoms with Crippen LogP contribution in [-0.4, -0.2) is 38.9 Å². The summed E-state index contributed by atoms with van der Waals surface area (Å²) in [5.74, 6) is -4.02. The van der Waals surface area contributed by atoms with E-state index in [1.54, 1.807) is 12.1 Å². The van der Waals surface area contributed by atoms with Crippen molar-refractivity contribution in [1.29, 1.82) is 0 Å². The highest BCUT2D eigenvalue weighted by Gasteiger charge is 2.44. The largest absolute Gasteiger partial charge is 0.364 e. The predicted octanol–water partition coefficient (Wildman–Crippen LogP) is 2.93. The summed E-state index contributed by atoms with van der Waals surface area (Å²) < 4.78 is 41.2. The molecular weight excluding hydrogens is 411 g/mol. The van der Waals surface area contributed by atoms with E-state index in [1.165, 1.54) is 24.5 Å². The smallest absolute Gasteiger partial charge is 0.271 e. The van der Waals surface area contributed by atoms with Crippen LogP contribution in [0.5, 0.6) is 0 Å². The zero-order valence-corrected chi connectivity index (χ0v) is 16.3. The van der Waals surface area contributed by atoms with E-state index in [1.807, 2.05) is 0 Å². The van der Waals surface area contributed by atoms with Gasteiger partial charge in [-0.1, -0.05) is 0 Å². The standard InChI is InChI=1S/C20H20F3N7O/c21-11-4-3-10-6-12(8-26-14(10)7-11)28-19-16(18(25)31)27-9-15(30-19)29-13-2-1-5-20(22,23)17(13)24/h3-4,6-9,13,17H,1-2,5,24H2,(H2,25,31)(H2,28,29,30)/t13-,17-/m1/s1. The van der Waals surface area contributed by atoms with Crippen LogP contribution in [0.3, 0.4) is 0 Å². The first-order valence-corrected chi connectivity index (χ1v) is 9.62. The van der Waals surface area contributed by atoms with Gasteiger partial charge in [0.05, 0.1) is 29.6 Å². The van der Waals surface area contributed by atoms with Crippen molar-refractivity contribution in [3.63, 3.8) is 0 Å². The summed E-state index contributed by atoms with van der Waals surface area (Å²) in [7, 11) is 0. The maximum absolute atomic E-state index is 13.9. The number of amides is 1. The number of fused-ring (bicyclic) bond motifs is 1. The van der Waals surface area contributed by atoms with Crippen molar-refractivity contribution in [2.24, 2.45) is 11.5 Å². The molecule has 1 aromatic carbocycles. The molecule has 0 bridgehead atoms. The number of nitrogens with zero attached hydrogens (tertiary/aromatic N) is 3. The van der Waals surface area contributed by atoms with Gasteiger partial charge in [0.15, 0.2) is 11.5 Å². The molecule has 0 radical (unpaired) electrons.